The van der Waals surface area contributed by atoms with E-state index in [0.717, 1.165) is 10.9 Å². The van der Waals surface area contributed by atoms with E-state index < -0.39 is 0 Å². The van der Waals surface area contributed by atoms with Gasteiger partial charge in [0.1, 0.15) is 0 Å². The molecule has 0 saturated carbocycles. The zero-order valence-electron chi connectivity index (χ0n) is 11.2. The predicted molar refractivity (Wildman–Crippen MR) is 88.8 cm³/mol. The van der Waals surface area contributed by atoms with Crippen LogP contribution in [-0.2, 0) is 6.42 Å². The molecule has 106 valence electrons. The van der Waals surface area contributed by atoms with Crippen LogP contribution in [0.5, 0.6) is 0 Å². The van der Waals surface area contributed by atoms with E-state index in [4.69, 9.17) is 11.6 Å². The van der Waals surface area contributed by atoms with E-state index in [9.17, 15) is 4.79 Å². The van der Waals surface area contributed by atoms with Gasteiger partial charge in [-0.25, -0.2) is 0 Å². The van der Waals surface area contributed by atoms with Gasteiger partial charge in [0.15, 0.2) is 0 Å². The summed E-state index contributed by atoms with van der Waals surface area (Å²) in [4.78, 5) is 14.8. The minimum atomic E-state index is -0.142. The fraction of sp³-hybridized carbons (Fsp3) is 0.267. The van der Waals surface area contributed by atoms with Crippen molar-refractivity contribution in [3.05, 3.63) is 55.1 Å². The minimum Gasteiger partial charge on any atom is -0.349 e. The highest BCUT2D eigenvalue weighted by molar-refractivity contribution is 9.10. The molecule has 1 aromatic carbocycles. The van der Waals surface area contributed by atoms with Gasteiger partial charge in [0, 0.05) is 26.7 Å². The molecular formula is C15H15BrClNOS. The van der Waals surface area contributed by atoms with Crippen LogP contribution in [-0.4, -0.2) is 11.9 Å². The van der Waals surface area contributed by atoms with Gasteiger partial charge in [-0.15, -0.1) is 11.3 Å². The van der Waals surface area contributed by atoms with E-state index in [1.807, 2.05) is 13.0 Å². The Hall–Kier alpha value is -0.840. The van der Waals surface area contributed by atoms with Crippen LogP contribution in [0.1, 0.15) is 27.0 Å². The fourth-order valence-corrected chi connectivity index (χ4v) is 3.53. The van der Waals surface area contributed by atoms with Crippen molar-refractivity contribution < 1.29 is 4.79 Å². The summed E-state index contributed by atoms with van der Waals surface area (Å²) in [5, 5.41) is 3.43. The molecule has 2 aromatic rings. The zero-order chi connectivity index (χ0) is 14.7. The monoisotopic (exact) mass is 371 g/mol. The van der Waals surface area contributed by atoms with Crippen LogP contribution in [0.25, 0.3) is 0 Å². The molecule has 0 spiro atoms. The molecule has 1 aromatic heterocycles. The summed E-state index contributed by atoms with van der Waals surface area (Å²) in [6.07, 6.45) is 0.829. The Labute approximate surface area is 136 Å². The van der Waals surface area contributed by atoms with Gasteiger partial charge < -0.3 is 5.32 Å². The van der Waals surface area contributed by atoms with Crippen LogP contribution in [0.2, 0.25) is 5.02 Å². The SMILES string of the molecule is Cc1ccc(CC(C)NC(=O)c2cccc(Br)c2Cl)s1. The first-order valence-corrected chi connectivity index (χ1v) is 8.26. The molecule has 0 aliphatic rings. The van der Waals surface area contributed by atoms with Gasteiger partial charge in [0.25, 0.3) is 5.91 Å². The number of halogens is 2. The molecule has 0 radical (unpaired) electrons. The second kappa shape index (κ2) is 6.74. The number of carbonyl (C=O) groups excluding carboxylic acids is 1. The third kappa shape index (κ3) is 3.84. The zero-order valence-corrected chi connectivity index (χ0v) is 14.4. The smallest absolute Gasteiger partial charge is 0.253 e. The molecule has 0 bridgehead atoms. The lowest BCUT2D eigenvalue weighted by Crippen LogP contribution is -2.34. The molecule has 0 aliphatic carbocycles. The van der Waals surface area contributed by atoms with E-state index in [2.05, 4.69) is 40.3 Å². The topological polar surface area (TPSA) is 29.1 Å². The van der Waals surface area contributed by atoms with Crippen LogP contribution in [0, 0.1) is 6.92 Å². The number of benzene rings is 1. The lowest BCUT2D eigenvalue weighted by molar-refractivity contribution is 0.0940. The predicted octanol–water partition coefficient (Wildman–Crippen LogP) is 4.83. The van der Waals surface area contributed by atoms with Crippen molar-refractivity contribution >= 4 is 44.8 Å². The average molecular weight is 373 g/mol. The summed E-state index contributed by atoms with van der Waals surface area (Å²) < 4.78 is 0.730. The molecule has 5 heteroatoms. The van der Waals surface area contributed by atoms with Crippen molar-refractivity contribution in [3.8, 4) is 0 Å². The molecule has 1 atom stereocenters. The van der Waals surface area contributed by atoms with Crippen LogP contribution < -0.4 is 5.32 Å². The molecule has 1 N–H and O–H groups in total. The largest absolute Gasteiger partial charge is 0.349 e. The van der Waals surface area contributed by atoms with E-state index in [1.54, 1.807) is 23.5 Å². The van der Waals surface area contributed by atoms with E-state index in [0.29, 0.717) is 10.6 Å². The van der Waals surface area contributed by atoms with Gasteiger partial charge in [0.05, 0.1) is 10.6 Å². The fourth-order valence-electron chi connectivity index (χ4n) is 1.93. The van der Waals surface area contributed by atoms with Crippen LogP contribution >= 0.6 is 38.9 Å². The maximum Gasteiger partial charge on any atom is 0.253 e. The van der Waals surface area contributed by atoms with Crippen LogP contribution in [0.4, 0.5) is 0 Å². The second-order valence-corrected chi connectivity index (χ2v) is 7.30. The Morgan fingerprint density at radius 3 is 2.80 bits per heavy atom. The Kier molecular flexibility index (Phi) is 5.24. The van der Waals surface area contributed by atoms with E-state index in [-0.39, 0.29) is 11.9 Å². The molecule has 1 unspecified atom stereocenters. The standard InChI is InChI=1S/C15H15BrClNOS/c1-9(8-11-7-6-10(2)20-11)18-15(19)12-4-3-5-13(16)14(12)17/h3-7,9H,8H2,1-2H3,(H,18,19). The summed E-state index contributed by atoms with van der Waals surface area (Å²) in [6, 6.07) is 9.62. The highest BCUT2D eigenvalue weighted by Gasteiger charge is 2.15. The number of carbonyl (C=O) groups is 1. The highest BCUT2D eigenvalue weighted by Crippen LogP contribution is 2.26. The first-order valence-electron chi connectivity index (χ1n) is 6.27. The van der Waals surface area contributed by atoms with Crippen molar-refractivity contribution in [2.45, 2.75) is 26.3 Å². The van der Waals surface area contributed by atoms with Gasteiger partial charge in [-0.05, 0) is 54.0 Å². The molecular weight excluding hydrogens is 358 g/mol. The van der Waals surface area contributed by atoms with E-state index in [1.165, 1.54) is 9.75 Å². The quantitative estimate of drug-likeness (QED) is 0.818. The van der Waals surface area contributed by atoms with E-state index >= 15 is 0 Å². The molecule has 0 fully saturated rings. The van der Waals surface area contributed by atoms with Gasteiger partial charge in [0.2, 0.25) is 0 Å². The first kappa shape index (κ1) is 15.5. The number of amides is 1. The number of thiophene rings is 1. The summed E-state index contributed by atoms with van der Waals surface area (Å²) in [5.41, 5.74) is 0.496. The minimum absolute atomic E-state index is 0.0654. The molecule has 2 rings (SSSR count). The third-order valence-electron chi connectivity index (χ3n) is 2.88. The normalized spacial score (nSPS) is 12.2. The number of hydrogen-bond acceptors (Lipinski definition) is 2. The van der Waals surface area contributed by atoms with Crippen molar-refractivity contribution in [1.82, 2.24) is 5.32 Å². The molecule has 0 aliphatic heterocycles. The third-order valence-corrected chi connectivity index (χ3v) is 5.20. The van der Waals surface area contributed by atoms with Crippen LogP contribution in [0.3, 0.4) is 0 Å². The Balaban J connectivity index is 2.02. The van der Waals surface area contributed by atoms with Gasteiger partial charge in [-0.3, -0.25) is 4.79 Å². The summed E-state index contributed by atoms with van der Waals surface area (Å²) >= 11 is 11.2. The summed E-state index contributed by atoms with van der Waals surface area (Å²) in [7, 11) is 0. The van der Waals surface area contributed by atoms with Crippen molar-refractivity contribution in [2.75, 3.05) is 0 Å². The number of rotatable bonds is 4. The molecule has 0 saturated heterocycles. The Bertz CT molecular complexity index is 626. The van der Waals surface area contributed by atoms with Crippen molar-refractivity contribution in [1.29, 1.82) is 0 Å². The lowest BCUT2D eigenvalue weighted by atomic mass is 10.1. The molecule has 2 nitrogen and oxygen atoms in total. The summed E-state index contributed by atoms with van der Waals surface area (Å²) in [6.45, 7) is 4.08. The maximum absolute atomic E-state index is 12.2. The van der Waals surface area contributed by atoms with Crippen LogP contribution in [0.15, 0.2) is 34.8 Å². The number of aryl methyl sites for hydroxylation is 1. The number of hydrogen-bond donors (Lipinski definition) is 1. The molecule has 20 heavy (non-hydrogen) atoms. The average Bonchev–Trinajstić information content (AvgIpc) is 2.77. The molecule has 1 heterocycles. The Morgan fingerprint density at radius 1 is 1.40 bits per heavy atom. The van der Waals surface area contributed by atoms with Gasteiger partial charge >= 0.3 is 0 Å². The second-order valence-electron chi connectivity index (χ2n) is 4.69. The lowest BCUT2D eigenvalue weighted by Gasteiger charge is -2.14. The maximum atomic E-state index is 12.2. The highest BCUT2D eigenvalue weighted by atomic mass is 79.9. The Morgan fingerprint density at radius 2 is 2.15 bits per heavy atom. The number of nitrogens with one attached hydrogen (secondary N) is 1. The van der Waals surface area contributed by atoms with Crippen molar-refractivity contribution in [3.63, 3.8) is 0 Å². The van der Waals surface area contributed by atoms with Gasteiger partial charge in [-0.2, -0.15) is 0 Å². The van der Waals surface area contributed by atoms with Crippen molar-refractivity contribution in [2.24, 2.45) is 0 Å². The van der Waals surface area contributed by atoms with Gasteiger partial charge in [-0.1, -0.05) is 17.7 Å². The summed E-state index contributed by atoms with van der Waals surface area (Å²) in [5.74, 6) is -0.142. The first-order chi connectivity index (χ1) is 9.47. The molecule has 1 amide bonds.